The number of hydrogen-bond acceptors (Lipinski definition) is 5. The Morgan fingerprint density at radius 2 is 1.91 bits per heavy atom. The van der Waals surface area contributed by atoms with Crippen LogP contribution < -0.4 is 4.74 Å². The summed E-state index contributed by atoms with van der Waals surface area (Å²) in [5.74, 6) is 0.0573. The fourth-order valence-electron chi connectivity index (χ4n) is 2.16. The van der Waals surface area contributed by atoms with Crippen molar-refractivity contribution >= 4 is 5.78 Å². The smallest absolute Gasteiger partial charge is 0.193 e. The van der Waals surface area contributed by atoms with Crippen LogP contribution in [0, 0.1) is 5.92 Å². The number of phenolic OH excluding ortho intramolecular Hbond substituents is 2. The standard InChI is InChI=1S/C17H18O5/c1-21-12-6-3-11(4-7-12)5-8-14(18)17-15(19)9-13(22-2)10-16(17)20/h3,5-11,19-20H,4H2,1-2H3. The van der Waals surface area contributed by atoms with E-state index in [4.69, 9.17) is 9.47 Å². The van der Waals surface area contributed by atoms with Crippen molar-refractivity contribution in [2.24, 2.45) is 5.92 Å². The molecule has 1 aliphatic carbocycles. The summed E-state index contributed by atoms with van der Waals surface area (Å²) in [6.45, 7) is 0. The zero-order chi connectivity index (χ0) is 16.1. The minimum absolute atomic E-state index is 0.0744. The first kappa shape index (κ1) is 15.7. The van der Waals surface area contributed by atoms with Crippen LogP contribution in [0.3, 0.4) is 0 Å². The normalized spacial score (nSPS) is 17.4. The van der Waals surface area contributed by atoms with Crippen molar-refractivity contribution in [2.45, 2.75) is 6.42 Å². The third-order valence-corrected chi connectivity index (χ3v) is 3.38. The molecule has 1 aromatic carbocycles. The molecule has 0 amide bonds. The Balaban J connectivity index is 2.12. The summed E-state index contributed by atoms with van der Waals surface area (Å²) in [6.07, 6.45) is 9.50. The Bertz CT molecular complexity index is 632. The van der Waals surface area contributed by atoms with Crippen molar-refractivity contribution in [3.8, 4) is 17.2 Å². The monoisotopic (exact) mass is 302 g/mol. The second kappa shape index (κ2) is 6.85. The maximum absolute atomic E-state index is 12.1. The summed E-state index contributed by atoms with van der Waals surface area (Å²) >= 11 is 0. The molecular formula is C17H18O5. The lowest BCUT2D eigenvalue weighted by atomic mass is 9.98. The number of benzene rings is 1. The molecule has 5 nitrogen and oxygen atoms in total. The molecule has 0 aliphatic heterocycles. The van der Waals surface area contributed by atoms with Crippen molar-refractivity contribution in [3.05, 3.63) is 53.8 Å². The molecule has 22 heavy (non-hydrogen) atoms. The predicted octanol–water partition coefficient (Wildman–Crippen LogP) is 2.95. The van der Waals surface area contributed by atoms with Crippen LogP contribution in [0.4, 0.5) is 0 Å². The fourth-order valence-corrected chi connectivity index (χ4v) is 2.16. The van der Waals surface area contributed by atoms with E-state index in [1.165, 1.54) is 25.3 Å². The van der Waals surface area contributed by atoms with Gasteiger partial charge in [0, 0.05) is 12.1 Å². The molecule has 0 radical (unpaired) electrons. The highest BCUT2D eigenvalue weighted by Gasteiger charge is 2.16. The van der Waals surface area contributed by atoms with Crippen LogP contribution in [0.25, 0.3) is 0 Å². The molecule has 2 rings (SSSR count). The molecule has 1 aromatic rings. The van der Waals surface area contributed by atoms with Gasteiger partial charge in [-0.2, -0.15) is 0 Å². The van der Waals surface area contributed by atoms with Gasteiger partial charge in [0.25, 0.3) is 0 Å². The van der Waals surface area contributed by atoms with Crippen molar-refractivity contribution in [1.82, 2.24) is 0 Å². The zero-order valence-corrected chi connectivity index (χ0v) is 12.4. The molecule has 0 saturated heterocycles. The third kappa shape index (κ3) is 3.49. The molecular weight excluding hydrogens is 284 g/mol. The van der Waals surface area contributed by atoms with E-state index >= 15 is 0 Å². The van der Waals surface area contributed by atoms with E-state index in [1.807, 2.05) is 18.2 Å². The molecule has 0 spiro atoms. The van der Waals surface area contributed by atoms with Gasteiger partial charge in [-0.15, -0.1) is 0 Å². The van der Waals surface area contributed by atoms with Crippen molar-refractivity contribution in [3.63, 3.8) is 0 Å². The van der Waals surface area contributed by atoms with Gasteiger partial charge in [0.2, 0.25) is 0 Å². The first-order valence-corrected chi connectivity index (χ1v) is 6.80. The number of rotatable bonds is 5. The lowest BCUT2D eigenvalue weighted by Gasteiger charge is -2.11. The summed E-state index contributed by atoms with van der Waals surface area (Å²) in [5.41, 5.74) is -0.134. The van der Waals surface area contributed by atoms with E-state index in [0.29, 0.717) is 0 Å². The van der Waals surface area contributed by atoms with Gasteiger partial charge in [0.1, 0.15) is 28.6 Å². The second-order valence-electron chi connectivity index (χ2n) is 4.83. The fraction of sp³-hybridized carbons (Fsp3) is 0.235. The van der Waals surface area contributed by atoms with E-state index in [1.54, 1.807) is 13.2 Å². The largest absolute Gasteiger partial charge is 0.507 e. The number of phenols is 2. The summed E-state index contributed by atoms with van der Waals surface area (Å²) in [5, 5.41) is 19.7. The number of carbonyl (C=O) groups excluding carboxylic acids is 1. The second-order valence-corrected chi connectivity index (χ2v) is 4.83. The van der Waals surface area contributed by atoms with Crippen LogP contribution in [0.1, 0.15) is 16.8 Å². The molecule has 0 fully saturated rings. The van der Waals surface area contributed by atoms with Crippen LogP contribution in [-0.4, -0.2) is 30.2 Å². The van der Waals surface area contributed by atoms with Gasteiger partial charge in [0.05, 0.1) is 14.2 Å². The summed E-state index contributed by atoms with van der Waals surface area (Å²) in [6, 6.07) is 2.57. The third-order valence-electron chi connectivity index (χ3n) is 3.38. The minimum atomic E-state index is -0.465. The molecule has 0 aromatic heterocycles. The highest BCUT2D eigenvalue weighted by Crippen LogP contribution is 2.33. The lowest BCUT2D eigenvalue weighted by Crippen LogP contribution is -2.01. The van der Waals surface area contributed by atoms with Gasteiger partial charge in [0.15, 0.2) is 5.78 Å². The van der Waals surface area contributed by atoms with Gasteiger partial charge >= 0.3 is 0 Å². The molecule has 2 N–H and O–H groups in total. The van der Waals surface area contributed by atoms with Crippen molar-refractivity contribution in [2.75, 3.05) is 14.2 Å². The first-order chi connectivity index (χ1) is 10.5. The summed E-state index contributed by atoms with van der Waals surface area (Å²) < 4.78 is 10.0. The number of ketones is 1. The van der Waals surface area contributed by atoms with Crippen molar-refractivity contribution in [1.29, 1.82) is 0 Å². The lowest BCUT2D eigenvalue weighted by molar-refractivity contribution is 0.104. The Labute approximate surface area is 128 Å². The van der Waals surface area contributed by atoms with Crippen LogP contribution in [0.5, 0.6) is 17.2 Å². The molecule has 116 valence electrons. The molecule has 0 saturated carbocycles. The SMILES string of the molecule is COC1=CCC(C=CC(=O)c2c(O)cc(OC)cc2O)C=C1. The number of aromatic hydroxyl groups is 2. The zero-order valence-electron chi connectivity index (χ0n) is 12.4. The van der Waals surface area contributed by atoms with Crippen LogP contribution in [-0.2, 0) is 4.74 Å². The molecule has 1 aliphatic rings. The van der Waals surface area contributed by atoms with E-state index in [0.717, 1.165) is 12.2 Å². The topological polar surface area (TPSA) is 76.0 Å². The highest BCUT2D eigenvalue weighted by molar-refractivity contribution is 6.08. The van der Waals surface area contributed by atoms with Gasteiger partial charge < -0.3 is 19.7 Å². The Morgan fingerprint density at radius 3 is 2.41 bits per heavy atom. The molecule has 0 heterocycles. The van der Waals surface area contributed by atoms with Gasteiger partial charge in [-0.3, -0.25) is 4.79 Å². The maximum atomic E-state index is 12.1. The van der Waals surface area contributed by atoms with Gasteiger partial charge in [-0.05, 0) is 30.6 Å². The minimum Gasteiger partial charge on any atom is -0.507 e. The summed E-state index contributed by atoms with van der Waals surface area (Å²) in [7, 11) is 3.01. The molecule has 5 heteroatoms. The molecule has 1 unspecified atom stereocenters. The van der Waals surface area contributed by atoms with E-state index in [-0.39, 0.29) is 28.7 Å². The van der Waals surface area contributed by atoms with Gasteiger partial charge in [-0.1, -0.05) is 12.2 Å². The molecule has 1 atom stereocenters. The van der Waals surface area contributed by atoms with E-state index in [2.05, 4.69) is 0 Å². The van der Waals surface area contributed by atoms with Gasteiger partial charge in [-0.25, -0.2) is 0 Å². The van der Waals surface area contributed by atoms with Crippen LogP contribution >= 0.6 is 0 Å². The van der Waals surface area contributed by atoms with Crippen molar-refractivity contribution < 1.29 is 24.5 Å². The highest BCUT2D eigenvalue weighted by atomic mass is 16.5. The Kier molecular flexibility index (Phi) is 4.88. The average Bonchev–Trinajstić information content (AvgIpc) is 2.52. The maximum Gasteiger partial charge on any atom is 0.193 e. The summed E-state index contributed by atoms with van der Waals surface area (Å²) in [4.78, 5) is 12.1. The van der Waals surface area contributed by atoms with E-state index < -0.39 is 5.78 Å². The predicted molar refractivity (Wildman–Crippen MR) is 82.1 cm³/mol. The number of allylic oxidation sites excluding steroid dienone is 5. The number of methoxy groups -OCH3 is 2. The quantitative estimate of drug-likeness (QED) is 0.646. The van der Waals surface area contributed by atoms with E-state index in [9.17, 15) is 15.0 Å². The average molecular weight is 302 g/mol. The van der Waals surface area contributed by atoms with Crippen LogP contribution in [0.15, 0.2) is 48.3 Å². The number of ether oxygens (including phenoxy) is 2. The number of carbonyl (C=O) groups is 1. The first-order valence-electron chi connectivity index (χ1n) is 6.80. The van der Waals surface area contributed by atoms with Crippen LogP contribution in [0.2, 0.25) is 0 Å². The Hall–Kier alpha value is -2.69. The number of hydrogen-bond donors (Lipinski definition) is 2. The molecule has 0 bridgehead atoms. The Morgan fingerprint density at radius 1 is 1.23 bits per heavy atom.